The highest BCUT2D eigenvalue weighted by atomic mass is 16.2. The van der Waals surface area contributed by atoms with E-state index in [0.29, 0.717) is 12.0 Å². The zero-order chi connectivity index (χ0) is 17.5. The predicted octanol–water partition coefficient (Wildman–Crippen LogP) is 4.11. The highest BCUT2D eigenvalue weighted by Gasteiger charge is 2.46. The minimum absolute atomic E-state index is 0.0750. The lowest BCUT2D eigenvalue weighted by molar-refractivity contribution is 0.00908. The molecule has 4 aliphatic rings. The summed E-state index contributed by atoms with van der Waals surface area (Å²) in [6.45, 7) is 3.31. The van der Waals surface area contributed by atoms with Gasteiger partial charge in [-0.15, -0.1) is 0 Å². The number of piperidine rings is 3. The normalized spacial score (nSPS) is 33.7. The first kappa shape index (κ1) is 16.4. The summed E-state index contributed by atoms with van der Waals surface area (Å²) in [7, 11) is 0. The number of carbonyl (C=O) groups is 1. The zero-order valence-electron chi connectivity index (χ0n) is 15.4. The van der Waals surface area contributed by atoms with Crippen molar-refractivity contribution < 1.29 is 4.79 Å². The molecule has 1 aliphatic carbocycles. The first-order chi connectivity index (χ1) is 12.8. The second kappa shape index (κ2) is 6.73. The Bertz CT molecular complexity index is 701. The maximum absolute atomic E-state index is 13.0. The van der Waals surface area contributed by atoms with Gasteiger partial charge in [0.15, 0.2) is 0 Å². The quantitative estimate of drug-likeness (QED) is 0.773. The Hall–Kier alpha value is -1.81. The minimum atomic E-state index is 0.0750. The van der Waals surface area contributed by atoms with Crippen LogP contribution in [0, 0.1) is 11.8 Å². The summed E-state index contributed by atoms with van der Waals surface area (Å²) in [6.07, 6.45) is 10.2. The molecule has 2 amide bonds. The summed E-state index contributed by atoms with van der Waals surface area (Å²) in [5.74, 6) is 1.33. The number of urea groups is 1. The van der Waals surface area contributed by atoms with Crippen LogP contribution in [0.15, 0.2) is 42.0 Å². The van der Waals surface area contributed by atoms with Crippen LogP contribution in [0.25, 0.3) is 0 Å². The largest absolute Gasteiger partial charge is 0.322 e. The van der Waals surface area contributed by atoms with Crippen molar-refractivity contribution in [3.8, 4) is 0 Å². The molecule has 0 saturated carbocycles. The van der Waals surface area contributed by atoms with Gasteiger partial charge in [0.2, 0.25) is 0 Å². The fourth-order valence-electron chi connectivity index (χ4n) is 5.92. The molecule has 0 spiro atoms. The van der Waals surface area contributed by atoms with Gasteiger partial charge in [0, 0.05) is 24.8 Å². The lowest BCUT2D eigenvalue weighted by atomic mass is 9.68. The topological polar surface area (TPSA) is 35.6 Å². The molecule has 2 bridgehead atoms. The third-order valence-electron chi connectivity index (χ3n) is 6.94. The van der Waals surface area contributed by atoms with Crippen molar-refractivity contribution in [2.75, 3.05) is 25.0 Å². The Balaban J connectivity index is 1.39. The van der Waals surface area contributed by atoms with E-state index in [1.165, 1.54) is 45.2 Å². The monoisotopic (exact) mass is 351 g/mol. The van der Waals surface area contributed by atoms with E-state index >= 15 is 0 Å². The molecule has 4 atom stereocenters. The van der Waals surface area contributed by atoms with E-state index in [2.05, 4.69) is 21.2 Å². The molecule has 1 aromatic carbocycles. The number of hydrogen-bond donors (Lipinski definition) is 1. The van der Waals surface area contributed by atoms with Crippen LogP contribution in [0.4, 0.5) is 10.5 Å². The third kappa shape index (κ3) is 2.84. The van der Waals surface area contributed by atoms with E-state index in [1.807, 2.05) is 30.3 Å². The van der Waals surface area contributed by atoms with Crippen molar-refractivity contribution in [1.82, 2.24) is 9.80 Å². The number of rotatable bonds is 1. The van der Waals surface area contributed by atoms with Crippen LogP contribution in [0.5, 0.6) is 0 Å². The van der Waals surface area contributed by atoms with Crippen molar-refractivity contribution in [3.05, 3.63) is 42.0 Å². The molecule has 3 aliphatic heterocycles. The SMILES string of the molecule is O=C(Nc1ccccc1)N1CCCC2=C[C@H]3C[C@@H](CN4CCCC[C@H]34)[C@H]21. The van der Waals surface area contributed by atoms with E-state index in [9.17, 15) is 4.79 Å². The highest BCUT2D eigenvalue weighted by Crippen LogP contribution is 2.45. The molecule has 0 aromatic heterocycles. The van der Waals surface area contributed by atoms with Gasteiger partial charge in [0.1, 0.15) is 0 Å². The van der Waals surface area contributed by atoms with Crippen molar-refractivity contribution >= 4 is 11.7 Å². The number of nitrogens with one attached hydrogen (secondary N) is 1. The second-order valence-electron chi connectivity index (χ2n) is 8.50. The van der Waals surface area contributed by atoms with Crippen LogP contribution in [-0.2, 0) is 0 Å². The number of benzene rings is 1. The molecule has 0 radical (unpaired) electrons. The maximum atomic E-state index is 13.0. The molecule has 4 heteroatoms. The Kier molecular flexibility index (Phi) is 4.24. The number of likely N-dealkylation sites (tertiary alicyclic amines) is 1. The molecule has 1 N–H and O–H groups in total. The van der Waals surface area contributed by atoms with Crippen molar-refractivity contribution in [1.29, 1.82) is 0 Å². The summed E-state index contributed by atoms with van der Waals surface area (Å²) in [6, 6.07) is 11.0. The summed E-state index contributed by atoms with van der Waals surface area (Å²) >= 11 is 0. The van der Waals surface area contributed by atoms with Crippen molar-refractivity contribution in [3.63, 3.8) is 0 Å². The molecular weight excluding hydrogens is 322 g/mol. The molecule has 1 aromatic rings. The Morgan fingerprint density at radius 1 is 1.08 bits per heavy atom. The van der Waals surface area contributed by atoms with Gasteiger partial charge in [0.25, 0.3) is 0 Å². The van der Waals surface area contributed by atoms with Crippen LogP contribution in [-0.4, -0.2) is 47.5 Å². The van der Waals surface area contributed by atoms with Gasteiger partial charge in [-0.25, -0.2) is 4.79 Å². The smallest absolute Gasteiger partial charge is 0.317 e. The van der Waals surface area contributed by atoms with E-state index in [-0.39, 0.29) is 6.03 Å². The lowest BCUT2D eigenvalue weighted by Crippen LogP contribution is -2.60. The Morgan fingerprint density at radius 2 is 1.96 bits per heavy atom. The number of amides is 2. The lowest BCUT2D eigenvalue weighted by Gasteiger charge is -2.54. The molecule has 26 heavy (non-hydrogen) atoms. The molecule has 3 saturated heterocycles. The number of para-hydroxylation sites is 1. The third-order valence-corrected chi connectivity index (χ3v) is 6.94. The van der Waals surface area contributed by atoms with Crippen molar-refractivity contribution in [2.24, 2.45) is 11.8 Å². The summed E-state index contributed by atoms with van der Waals surface area (Å²) in [4.78, 5) is 17.9. The maximum Gasteiger partial charge on any atom is 0.322 e. The van der Waals surface area contributed by atoms with E-state index in [1.54, 1.807) is 5.57 Å². The molecular formula is C22H29N3O. The number of carbonyl (C=O) groups excluding carboxylic acids is 1. The average Bonchev–Trinajstić information content (AvgIpc) is 2.68. The summed E-state index contributed by atoms with van der Waals surface area (Å²) < 4.78 is 0. The highest BCUT2D eigenvalue weighted by molar-refractivity contribution is 5.89. The second-order valence-corrected chi connectivity index (χ2v) is 8.50. The predicted molar refractivity (Wildman–Crippen MR) is 104 cm³/mol. The summed E-state index contributed by atoms with van der Waals surface area (Å²) in [5.41, 5.74) is 2.44. The molecule has 3 fully saturated rings. The van der Waals surface area contributed by atoms with Gasteiger partial charge in [0.05, 0.1) is 6.04 Å². The molecule has 3 heterocycles. The van der Waals surface area contributed by atoms with E-state index in [0.717, 1.165) is 30.6 Å². The standard InChI is InChI=1S/C22H29N3O/c26-22(23-19-8-2-1-3-9-19)25-12-6-7-16-13-17-14-18(21(16)25)15-24-11-5-4-10-20(17)24/h1-3,8-9,13,17-18,20-21H,4-7,10-12,14-15H2,(H,23,26)/t17-,18-,20+,21-/m0/s1. The van der Waals surface area contributed by atoms with Crippen LogP contribution in [0.1, 0.15) is 38.5 Å². The van der Waals surface area contributed by atoms with Crippen LogP contribution < -0.4 is 5.32 Å². The number of nitrogens with zero attached hydrogens (tertiary/aromatic N) is 2. The van der Waals surface area contributed by atoms with Crippen molar-refractivity contribution in [2.45, 2.75) is 50.6 Å². The van der Waals surface area contributed by atoms with E-state index in [4.69, 9.17) is 0 Å². The number of hydrogen-bond acceptors (Lipinski definition) is 2. The fraction of sp³-hybridized carbons (Fsp3) is 0.591. The Morgan fingerprint density at radius 3 is 2.85 bits per heavy atom. The Labute approximate surface area is 156 Å². The molecule has 138 valence electrons. The van der Waals surface area contributed by atoms with Crippen LogP contribution in [0.3, 0.4) is 0 Å². The van der Waals surface area contributed by atoms with Gasteiger partial charge in [-0.3, -0.25) is 4.90 Å². The number of anilines is 1. The molecule has 0 unspecified atom stereocenters. The summed E-state index contributed by atoms with van der Waals surface area (Å²) in [5, 5.41) is 3.12. The van der Waals surface area contributed by atoms with Gasteiger partial charge in [-0.1, -0.05) is 36.3 Å². The molecule has 5 rings (SSSR count). The first-order valence-electron chi connectivity index (χ1n) is 10.4. The zero-order valence-corrected chi connectivity index (χ0v) is 15.4. The molecule has 4 nitrogen and oxygen atoms in total. The average molecular weight is 351 g/mol. The van der Waals surface area contributed by atoms with Gasteiger partial charge >= 0.3 is 6.03 Å². The first-order valence-corrected chi connectivity index (χ1v) is 10.4. The minimum Gasteiger partial charge on any atom is -0.317 e. The van der Waals surface area contributed by atoms with E-state index < -0.39 is 0 Å². The fourth-order valence-corrected chi connectivity index (χ4v) is 5.92. The van der Waals surface area contributed by atoms with Crippen LogP contribution in [0.2, 0.25) is 0 Å². The van der Waals surface area contributed by atoms with Crippen LogP contribution >= 0.6 is 0 Å². The number of fused-ring (bicyclic) bond motifs is 6. The van der Waals surface area contributed by atoms with Gasteiger partial charge in [-0.2, -0.15) is 0 Å². The van der Waals surface area contributed by atoms with Gasteiger partial charge in [-0.05, 0) is 62.6 Å². The van der Waals surface area contributed by atoms with Gasteiger partial charge < -0.3 is 10.2 Å².